The molecule has 1 aliphatic heterocycles. The molecule has 3 rings (SSSR count). The number of nitrogens with zero attached hydrogens (tertiary/aromatic N) is 2. The number of para-hydroxylation sites is 2. The summed E-state index contributed by atoms with van der Waals surface area (Å²) in [5, 5.41) is 9.09. The van der Waals surface area contributed by atoms with Gasteiger partial charge in [0.05, 0.1) is 23.8 Å². The molecular weight excluding hydrogens is 328 g/mol. The molecule has 0 spiro atoms. The molecule has 1 amide bonds. The van der Waals surface area contributed by atoms with Gasteiger partial charge in [0, 0.05) is 6.54 Å². The first kappa shape index (κ1) is 18.1. The number of fused-ring (bicyclic) bond motifs is 2. The van der Waals surface area contributed by atoms with Crippen molar-refractivity contribution in [3.05, 3.63) is 59.7 Å². The number of aryl methyl sites for hydroxylation is 2. The van der Waals surface area contributed by atoms with E-state index in [0.717, 1.165) is 35.3 Å². The third kappa shape index (κ3) is 3.78. The summed E-state index contributed by atoms with van der Waals surface area (Å²) in [5.41, 5.74) is 4.14. The van der Waals surface area contributed by atoms with E-state index in [1.165, 1.54) is 0 Å². The fourth-order valence-corrected chi connectivity index (χ4v) is 3.46. The molecule has 5 nitrogen and oxygen atoms in total. The second kappa shape index (κ2) is 7.70. The number of likely N-dealkylation sites (N-methyl/N-ethyl adjacent to an activating group) is 1. The summed E-state index contributed by atoms with van der Waals surface area (Å²) < 4.78 is 0. The van der Waals surface area contributed by atoms with Crippen LogP contribution in [0.25, 0.3) is 0 Å². The van der Waals surface area contributed by atoms with E-state index >= 15 is 0 Å². The van der Waals surface area contributed by atoms with Crippen LogP contribution in [0.2, 0.25) is 0 Å². The van der Waals surface area contributed by atoms with Gasteiger partial charge in [0.1, 0.15) is 0 Å². The molecular formula is C21H24N2O3. The zero-order chi connectivity index (χ0) is 18.7. The first-order valence-electron chi connectivity index (χ1n) is 8.87. The quantitative estimate of drug-likeness (QED) is 0.898. The normalized spacial score (nSPS) is 14.3. The molecule has 1 aliphatic rings. The van der Waals surface area contributed by atoms with Gasteiger partial charge < -0.3 is 5.11 Å². The molecule has 0 fully saturated rings. The van der Waals surface area contributed by atoms with Crippen molar-refractivity contribution in [1.29, 1.82) is 0 Å². The number of carbonyl (C=O) groups excluding carboxylic acids is 1. The maximum atomic E-state index is 13.2. The van der Waals surface area contributed by atoms with Gasteiger partial charge in [-0.15, -0.1) is 0 Å². The van der Waals surface area contributed by atoms with Gasteiger partial charge in [0.25, 0.3) is 0 Å². The van der Waals surface area contributed by atoms with E-state index in [2.05, 4.69) is 12.1 Å². The van der Waals surface area contributed by atoms with Crippen molar-refractivity contribution < 1.29 is 14.7 Å². The summed E-state index contributed by atoms with van der Waals surface area (Å²) in [6.45, 7) is 2.15. The average molecular weight is 352 g/mol. The van der Waals surface area contributed by atoms with E-state index < -0.39 is 11.9 Å². The van der Waals surface area contributed by atoms with E-state index in [9.17, 15) is 9.59 Å². The Hall–Kier alpha value is -2.66. The largest absolute Gasteiger partial charge is 0.481 e. The Bertz CT molecular complexity index is 771. The fraction of sp³-hybridized carbons (Fsp3) is 0.333. The zero-order valence-electron chi connectivity index (χ0n) is 15.2. The van der Waals surface area contributed by atoms with Crippen molar-refractivity contribution in [3.63, 3.8) is 0 Å². The molecule has 26 heavy (non-hydrogen) atoms. The molecule has 1 N–H and O–H groups in total. The minimum Gasteiger partial charge on any atom is -0.481 e. The maximum absolute atomic E-state index is 13.2. The predicted octanol–water partition coefficient (Wildman–Crippen LogP) is 3.10. The highest BCUT2D eigenvalue weighted by Gasteiger charge is 2.26. The van der Waals surface area contributed by atoms with Crippen molar-refractivity contribution in [2.24, 2.45) is 5.92 Å². The monoisotopic (exact) mass is 352 g/mol. The first-order chi connectivity index (χ1) is 12.5. The standard InChI is InChI=1S/C21H24N2O3/c1-15(21(25)26)13-22(2)14-20(24)23-18-9-5-3-7-16(18)11-12-17-8-4-6-10-19(17)23/h3-10,15H,11-14H2,1-2H3,(H,25,26). The summed E-state index contributed by atoms with van der Waals surface area (Å²) in [6, 6.07) is 16.0. The Morgan fingerprint density at radius 3 is 2.04 bits per heavy atom. The number of hydrogen-bond donors (Lipinski definition) is 1. The van der Waals surface area contributed by atoms with Crippen molar-refractivity contribution in [1.82, 2.24) is 4.90 Å². The number of carboxylic acid groups (broad SMARTS) is 1. The molecule has 1 heterocycles. The van der Waals surface area contributed by atoms with Gasteiger partial charge in [-0.2, -0.15) is 0 Å². The lowest BCUT2D eigenvalue weighted by atomic mass is 10.0. The molecule has 136 valence electrons. The van der Waals surface area contributed by atoms with Crippen LogP contribution < -0.4 is 4.90 Å². The molecule has 5 heteroatoms. The summed E-state index contributed by atoms with van der Waals surface area (Å²) in [5.74, 6) is -1.42. The van der Waals surface area contributed by atoms with Gasteiger partial charge >= 0.3 is 5.97 Å². The van der Waals surface area contributed by atoms with Crippen LogP contribution in [0.1, 0.15) is 18.1 Å². The fourth-order valence-electron chi connectivity index (χ4n) is 3.46. The Kier molecular flexibility index (Phi) is 5.38. The number of anilines is 2. The minimum atomic E-state index is -0.852. The van der Waals surface area contributed by atoms with Crippen molar-refractivity contribution in [3.8, 4) is 0 Å². The van der Waals surface area contributed by atoms with Gasteiger partial charge in [-0.25, -0.2) is 0 Å². The van der Waals surface area contributed by atoms with E-state index in [1.54, 1.807) is 23.8 Å². The highest BCUT2D eigenvalue weighted by molar-refractivity contribution is 6.03. The third-order valence-electron chi connectivity index (χ3n) is 4.79. The summed E-state index contributed by atoms with van der Waals surface area (Å²) in [6.07, 6.45) is 1.78. The molecule has 1 atom stereocenters. The number of amides is 1. The molecule has 0 radical (unpaired) electrons. The Labute approximate surface area is 153 Å². The maximum Gasteiger partial charge on any atom is 0.307 e. The predicted molar refractivity (Wildman–Crippen MR) is 102 cm³/mol. The second-order valence-electron chi connectivity index (χ2n) is 6.92. The molecule has 0 saturated heterocycles. The van der Waals surface area contributed by atoms with Crippen LogP contribution in [0, 0.1) is 5.92 Å². The van der Waals surface area contributed by atoms with Crippen LogP contribution in [0.3, 0.4) is 0 Å². The van der Waals surface area contributed by atoms with Crippen molar-refractivity contribution in [2.45, 2.75) is 19.8 Å². The van der Waals surface area contributed by atoms with Gasteiger partial charge in [-0.1, -0.05) is 43.3 Å². The lowest BCUT2D eigenvalue weighted by Gasteiger charge is -2.27. The number of benzene rings is 2. The molecule has 2 aromatic rings. The van der Waals surface area contributed by atoms with E-state index in [0.29, 0.717) is 6.54 Å². The lowest BCUT2D eigenvalue weighted by molar-refractivity contribution is -0.142. The van der Waals surface area contributed by atoms with Crippen LogP contribution in [-0.4, -0.2) is 42.0 Å². The Balaban J connectivity index is 1.90. The summed E-state index contributed by atoms with van der Waals surface area (Å²) in [7, 11) is 1.78. The van der Waals surface area contributed by atoms with Crippen LogP contribution in [0.4, 0.5) is 11.4 Å². The summed E-state index contributed by atoms with van der Waals surface area (Å²) in [4.78, 5) is 27.8. The average Bonchev–Trinajstić information content (AvgIpc) is 2.78. The smallest absolute Gasteiger partial charge is 0.307 e. The molecule has 0 aromatic heterocycles. The number of carboxylic acids is 1. The molecule has 2 aromatic carbocycles. The van der Waals surface area contributed by atoms with E-state index in [4.69, 9.17) is 5.11 Å². The van der Waals surface area contributed by atoms with E-state index in [1.807, 2.05) is 36.4 Å². The Morgan fingerprint density at radius 1 is 1.04 bits per heavy atom. The summed E-state index contributed by atoms with van der Waals surface area (Å²) >= 11 is 0. The first-order valence-corrected chi connectivity index (χ1v) is 8.87. The highest BCUT2D eigenvalue weighted by Crippen LogP contribution is 2.36. The SMILES string of the molecule is CC(CN(C)CC(=O)N1c2ccccc2CCc2ccccc21)C(=O)O. The highest BCUT2D eigenvalue weighted by atomic mass is 16.4. The van der Waals surface area contributed by atoms with Gasteiger partial charge in [0.2, 0.25) is 5.91 Å². The molecule has 0 saturated carbocycles. The zero-order valence-corrected chi connectivity index (χ0v) is 15.2. The molecule has 0 aliphatic carbocycles. The van der Waals surface area contributed by atoms with Gasteiger partial charge in [-0.3, -0.25) is 19.4 Å². The number of rotatable bonds is 5. The van der Waals surface area contributed by atoms with Crippen LogP contribution in [-0.2, 0) is 22.4 Å². The molecule has 1 unspecified atom stereocenters. The third-order valence-corrected chi connectivity index (χ3v) is 4.79. The number of carbonyl (C=O) groups is 2. The van der Waals surface area contributed by atoms with E-state index in [-0.39, 0.29) is 12.5 Å². The van der Waals surface area contributed by atoms with Crippen molar-refractivity contribution >= 4 is 23.3 Å². The Morgan fingerprint density at radius 2 is 1.54 bits per heavy atom. The number of hydrogen-bond acceptors (Lipinski definition) is 3. The molecule has 0 bridgehead atoms. The lowest BCUT2D eigenvalue weighted by Crippen LogP contribution is -2.39. The van der Waals surface area contributed by atoms with Gasteiger partial charge in [-0.05, 0) is 43.1 Å². The van der Waals surface area contributed by atoms with Crippen LogP contribution in [0.5, 0.6) is 0 Å². The van der Waals surface area contributed by atoms with Crippen LogP contribution >= 0.6 is 0 Å². The number of aliphatic carboxylic acids is 1. The van der Waals surface area contributed by atoms with Gasteiger partial charge in [0.15, 0.2) is 0 Å². The van der Waals surface area contributed by atoms with Crippen LogP contribution in [0.15, 0.2) is 48.5 Å². The van der Waals surface area contributed by atoms with Crippen molar-refractivity contribution in [2.75, 3.05) is 25.0 Å². The topological polar surface area (TPSA) is 60.9 Å². The second-order valence-corrected chi connectivity index (χ2v) is 6.92. The minimum absolute atomic E-state index is 0.0492.